The number of halogens is 1. The number of nitrogens with zero attached hydrogens (tertiary/aromatic N) is 3. The van der Waals surface area contributed by atoms with Crippen LogP contribution in [-0.4, -0.2) is 23.1 Å². The number of imidazole rings is 1. The summed E-state index contributed by atoms with van der Waals surface area (Å²) >= 11 is 5.84. The molecule has 2 aromatic heterocycles. The SMILES string of the molecule is Cc1noc(NS(=O)(=O)c2ncn(C)c2Cl)c1C. The molecule has 1 N–H and O–H groups in total. The maximum Gasteiger partial charge on any atom is 0.284 e. The average molecular weight is 291 g/mol. The number of sulfonamides is 1. The first kappa shape index (κ1) is 12.9. The molecule has 0 saturated carbocycles. The highest BCUT2D eigenvalue weighted by molar-refractivity contribution is 7.92. The summed E-state index contributed by atoms with van der Waals surface area (Å²) in [5.41, 5.74) is 1.23. The van der Waals surface area contributed by atoms with Crippen LogP contribution in [0.1, 0.15) is 11.3 Å². The molecule has 0 fully saturated rings. The molecule has 0 aromatic carbocycles. The van der Waals surface area contributed by atoms with E-state index in [2.05, 4.69) is 14.9 Å². The third-order valence-corrected chi connectivity index (χ3v) is 4.29. The van der Waals surface area contributed by atoms with Gasteiger partial charge in [-0.1, -0.05) is 16.8 Å². The highest BCUT2D eigenvalue weighted by Gasteiger charge is 2.25. The van der Waals surface area contributed by atoms with Crippen molar-refractivity contribution in [2.75, 3.05) is 4.72 Å². The number of anilines is 1. The van der Waals surface area contributed by atoms with Crippen LogP contribution in [0.4, 0.5) is 5.88 Å². The first-order valence-electron chi connectivity index (χ1n) is 4.95. The van der Waals surface area contributed by atoms with Gasteiger partial charge in [-0.3, -0.25) is 0 Å². The molecule has 2 aromatic rings. The van der Waals surface area contributed by atoms with Gasteiger partial charge in [0.25, 0.3) is 10.0 Å². The zero-order valence-corrected chi connectivity index (χ0v) is 11.5. The van der Waals surface area contributed by atoms with Crippen molar-refractivity contribution in [3.8, 4) is 0 Å². The van der Waals surface area contributed by atoms with E-state index in [0.717, 1.165) is 0 Å². The minimum absolute atomic E-state index is 0.0244. The molecule has 18 heavy (non-hydrogen) atoms. The molecule has 0 bridgehead atoms. The maximum atomic E-state index is 12.0. The van der Waals surface area contributed by atoms with Crippen molar-refractivity contribution >= 4 is 27.5 Å². The lowest BCUT2D eigenvalue weighted by Crippen LogP contribution is -2.14. The van der Waals surface area contributed by atoms with Crippen molar-refractivity contribution in [1.82, 2.24) is 14.7 Å². The first-order valence-corrected chi connectivity index (χ1v) is 6.81. The van der Waals surface area contributed by atoms with Gasteiger partial charge in [-0.2, -0.15) is 8.42 Å². The van der Waals surface area contributed by atoms with Gasteiger partial charge in [-0.25, -0.2) is 9.71 Å². The van der Waals surface area contributed by atoms with Gasteiger partial charge in [-0.05, 0) is 13.8 Å². The molecule has 0 aliphatic heterocycles. The maximum absolute atomic E-state index is 12.0. The zero-order chi connectivity index (χ0) is 13.5. The minimum atomic E-state index is -3.88. The largest absolute Gasteiger partial charge is 0.337 e. The van der Waals surface area contributed by atoms with Gasteiger partial charge in [0.05, 0.1) is 12.0 Å². The van der Waals surface area contributed by atoms with E-state index in [0.29, 0.717) is 11.3 Å². The Morgan fingerprint density at radius 3 is 2.56 bits per heavy atom. The van der Waals surface area contributed by atoms with E-state index in [1.54, 1.807) is 20.9 Å². The second kappa shape index (κ2) is 4.29. The van der Waals surface area contributed by atoms with Crippen LogP contribution in [0, 0.1) is 13.8 Å². The van der Waals surface area contributed by atoms with Crippen LogP contribution in [0.5, 0.6) is 0 Å². The third kappa shape index (κ3) is 2.08. The van der Waals surface area contributed by atoms with Crippen molar-refractivity contribution in [1.29, 1.82) is 0 Å². The first-order chi connectivity index (χ1) is 8.33. The second-order valence-electron chi connectivity index (χ2n) is 3.78. The van der Waals surface area contributed by atoms with Gasteiger partial charge in [0, 0.05) is 12.6 Å². The van der Waals surface area contributed by atoms with E-state index >= 15 is 0 Å². The van der Waals surface area contributed by atoms with E-state index in [-0.39, 0.29) is 16.1 Å². The van der Waals surface area contributed by atoms with Gasteiger partial charge < -0.3 is 9.09 Å². The fraction of sp³-hybridized carbons (Fsp3) is 0.333. The number of aromatic nitrogens is 3. The average Bonchev–Trinajstić information content (AvgIpc) is 2.77. The molecular formula is C9H11ClN4O3S. The van der Waals surface area contributed by atoms with Crippen LogP contribution < -0.4 is 4.72 Å². The number of rotatable bonds is 3. The van der Waals surface area contributed by atoms with Gasteiger partial charge in [0.1, 0.15) is 5.15 Å². The lowest BCUT2D eigenvalue weighted by Gasteiger charge is -2.03. The van der Waals surface area contributed by atoms with E-state index in [1.165, 1.54) is 10.9 Å². The summed E-state index contributed by atoms with van der Waals surface area (Å²) in [6.45, 7) is 3.41. The number of hydrogen-bond donors (Lipinski definition) is 1. The number of hydrogen-bond acceptors (Lipinski definition) is 5. The molecule has 7 nitrogen and oxygen atoms in total. The highest BCUT2D eigenvalue weighted by atomic mass is 35.5. The smallest absolute Gasteiger partial charge is 0.284 e. The Balaban J connectivity index is 2.39. The zero-order valence-electron chi connectivity index (χ0n) is 9.93. The fourth-order valence-electron chi connectivity index (χ4n) is 1.26. The molecule has 0 aliphatic carbocycles. The van der Waals surface area contributed by atoms with Gasteiger partial charge in [0.15, 0.2) is 0 Å². The van der Waals surface area contributed by atoms with E-state index < -0.39 is 10.0 Å². The van der Waals surface area contributed by atoms with Gasteiger partial charge in [-0.15, -0.1) is 0 Å². The quantitative estimate of drug-likeness (QED) is 0.924. The summed E-state index contributed by atoms with van der Waals surface area (Å²) in [6, 6.07) is 0. The molecule has 0 unspecified atom stereocenters. The lowest BCUT2D eigenvalue weighted by atomic mass is 10.3. The predicted molar refractivity (Wildman–Crippen MR) is 65.0 cm³/mol. The van der Waals surface area contributed by atoms with Crippen LogP contribution >= 0.6 is 11.6 Å². The summed E-state index contributed by atoms with van der Waals surface area (Å²) in [4.78, 5) is 3.74. The Morgan fingerprint density at radius 1 is 1.44 bits per heavy atom. The molecule has 0 saturated heterocycles. The molecule has 9 heteroatoms. The Labute approximate surface area is 109 Å². The Morgan fingerprint density at radius 2 is 2.11 bits per heavy atom. The van der Waals surface area contributed by atoms with Crippen LogP contribution in [0.2, 0.25) is 5.15 Å². The van der Waals surface area contributed by atoms with Crippen LogP contribution in [-0.2, 0) is 17.1 Å². The Hall–Kier alpha value is -1.54. The number of aryl methyl sites for hydroxylation is 2. The summed E-state index contributed by atoms with van der Waals surface area (Å²) in [5, 5.41) is 3.44. The second-order valence-corrected chi connectivity index (χ2v) is 5.73. The molecular weight excluding hydrogens is 280 g/mol. The Bertz CT molecular complexity index is 689. The monoisotopic (exact) mass is 290 g/mol. The van der Waals surface area contributed by atoms with E-state index in [9.17, 15) is 8.42 Å². The summed E-state index contributed by atoms with van der Waals surface area (Å²) in [5.74, 6) is 0.0641. The van der Waals surface area contributed by atoms with Crippen molar-refractivity contribution < 1.29 is 12.9 Å². The summed E-state index contributed by atoms with van der Waals surface area (Å²) in [7, 11) is -2.28. The predicted octanol–water partition coefficient (Wildman–Crippen LogP) is 1.48. The summed E-state index contributed by atoms with van der Waals surface area (Å²) < 4.78 is 32.6. The lowest BCUT2D eigenvalue weighted by molar-refractivity contribution is 0.430. The van der Waals surface area contributed by atoms with Crippen molar-refractivity contribution in [2.45, 2.75) is 18.9 Å². The normalized spacial score (nSPS) is 11.8. The molecule has 2 rings (SSSR count). The highest BCUT2D eigenvalue weighted by Crippen LogP contribution is 2.24. The van der Waals surface area contributed by atoms with Crippen LogP contribution in [0.3, 0.4) is 0 Å². The van der Waals surface area contributed by atoms with Gasteiger partial charge >= 0.3 is 0 Å². The fourth-order valence-corrected chi connectivity index (χ4v) is 2.73. The third-order valence-electron chi connectivity index (χ3n) is 2.47. The van der Waals surface area contributed by atoms with E-state index in [1.807, 2.05) is 0 Å². The van der Waals surface area contributed by atoms with Crippen LogP contribution in [0.25, 0.3) is 0 Å². The standard InChI is InChI=1S/C9H11ClN4O3S/c1-5-6(2)12-17-8(5)13-18(15,16)9-7(10)14(3)4-11-9/h4,13H,1-3H3. The minimum Gasteiger partial charge on any atom is -0.337 e. The molecule has 0 radical (unpaired) electrons. The van der Waals surface area contributed by atoms with Crippen molar-refractivity contribution in [3.63, 3.8) is 0 Å². The topological polar surface area (TPSA) is 90.0 Å². The molecule has 98 valence electrons. The Kier molecular flexibility index (Phi) is 3.07. The summed E-state index contributed by atoms with van der Waals surface area (Å²) in [6.07, 6.45) is 1.31. The molecule has 0 aliphatic rings. The van der Waals surface area contributed by atoms with E-state index in [4.69, 9.17) is 16.1 Å². The molecule has 2 heterocycles. The molecule has 0 amide bonds. The molecule has 0 spiro atoms. The van der Waals surface area contributed by atoms with Crippen molar-refractivity contribution in [3.05, 3.63) is 22.7 Å². The van der Waals surface area contributed by atoms with Crippen LogP contribution in [0.15, 0.2) is 15.9 Å². The van der Waals surface area contributed by atoms with Gasteiger partial charge in [0.2, 0.25) is 10.9 Å². The number of nitrogens with one attached hydrogen (secondary N) is 1. The molecule has 0 atom stereocenters. The van der Waals surface area contributed by atoms with Crippen molar-refractivity contribution in [2.24, 2.45) is 7.05 Å².